The van der Waals surface area contributed by atoms with Crippen molar-refractivity contribution in [2.75, 3.05) is 37.6 Å². The average molecular weight is 378 g/mol. The number of amides is 1. The lowest BCUT2D eigenvalue weighted by molar-refractivity contribution is 0.0479. The summed E-state index contributed by atoms with van der Waals surface area (Å²) in [6, 6.07) is 6.46. The lowest BCUT2D eigenvalue weighted by Gasteiger charge is -2.44. The van der Waals surface area contributed by atoms with Gasteiger partial charge in [0, 0.05) is 38.3 Å². The van der Waals surface area contributed by atoms with Crippen LogP contribution in [0.3, 0.4) is 0 Å². The second-order valence-corrected chi connectivity index (χ2v) is 8.41. The fourth-order valence-corrected chi connectivity index (χ4v) is 5.24. The maximum Gasteiger partial charge on any atom is 0.407 e. The van der Waals surface area contributed by atoms with E-state index in [-0.39, 0.29) is 5.54 Å². The van der Waals surface area contributed by atoms with Crippen LogP contribution in [0.25, 0.3) is 0 Å². The minimum atomic E-state index is -0.780. The molecule has 3 aliphatic rings. The summed E-state index contributed by atoms with van der Waals surface area (Å²) in [4.78, 5) is 17.8. The molecular weight excluding hydrogens is 350 g/mol. The minimum absolute atomic E-state index is 0.180. The molecule has 0 unspecified atom stereocenters. The average Bonchev–Trinajstić information content (AvgIpc) is 3.28. The molecule has 3 saturated heterocycles. The van der Waals surface area contributed by atoms with Crippen molar-refractivity contribution < 1.29 is 9.90 Å². The topological polar surface area (TPSA) is 47.0 Å². The third kappa shape index (κ3) is 3.39. The van der Waals surface area contributed by atoms with Crippen molar-refractivity contribution in [3.63, 3.8) is 0 Å². The third-order valence-electron chi connectivity index (χ3n) is 6.54. The third-order valence-corrected chi connectivity index (χ3v) is 6.86. The zero-order valence-corrected chi connectivity index (χ0v) is 16.0. The number of hydrogen-bond acceptors (Lipinski definition) is 3. The van der Waals surface area contributed by atoms with E-state index in [4.69, 9.17) is 11.6 Å². The molecule has 0 bridgehead atoms. The normalized spacial score (nSPS) is 23.1. The fraction of sp³-hybridized carbons (Fsp3) is 0.650. The Morgan fingerprint density at radius 1 is 1.04 bits per heavy atom. The number of likely N-dealkylation sites (tertiary alicyclic amines) is 2. The first kappa shape index (κ1) is 17.9. The molecule has 0 aliphatic carbocycles. The van der Waals surface area contributed by atoms with E-state index in [0.29, 0.717) is 13.1 Å². The van der Waals surface area contributed by atoms with Gasteiger partial charge in [0.1, 0.15) is 0 Å². The molecule has 0 atom stereocenters. The number of hydrogen-bond donors (Lipinski definition) is 1. The van der Waals surface area contributed by atoms with Gasteiger partial charge in [-0.15, -0.1) is 0 Å². The molecule has 1 amide bonds. The Bertz CT molecular complexity index is 667. The highest BCUT2D eigenvalue weighted by Gasteiger charge is 2.43. The Labute approximate surface area is 160 Å². The number of benzene rings is 1. The molecular formula is C20H28ClN3O2. The number of rotatable bonds is 3. The maximum atomic E-state index is 11.2. The molecule has 4 rings (SSSR count). The highest BCUT2D eigenvalue weighted by atomic mass is 35.5. The highest BCUT2D eigenvalue weighted by molar-refractivity contribution is 6.33. The smallest absolute Gasteiger partial charge is 0.407 e. The molecule has 3 fully saturated rings. The van der Waals surface area contributed by atoms with Crippen LogP contribution in [0.5, 0.6) is 0 Å². The van der Waals surface area contributed by atoms with Gasteiger partial charge in [-0.05, 0) is 62.8 Å². The van der Waals surface area contributed by atoms with Gasteiger partial charge >= 0.3 is 6.09 Å². The first-order valence-electron chi connectivity index (χ1n) is 9.84. The van der Waals surface area contributed by atoms with Crippen LogP contribution in [0.4, 0.5) is 10.5 Å². The quantitative estimate of drug-likeness (QED) is 0.863. The first-order chi connectivity index (χ1) is 12.6. The van der Waals surface area contributed by atoms with Gasteiger partial charge in [0.05, 0.1) is 10.7 Å². The lowest BCUT2D eigenvalue weighted by Crippen LogP contribution is -2.52. The van der Waals surface area contributed by atoms with Crippen molar-refractivity contribution in [2.45, 2.75) is 50.6 Å². The van der Waals surface area contributed by atoms with Gasteiger partial charge in [-0.25, -0.2) is 4.79 Å². The van der Waals surface area contributed by atoms with E-state index in [9.17, 15) is 9.90 Å². The van der Waals surface area contributed by atoms with Gasteiger partial charge in [0.25, 0.3) is 0 Å². The van der Waals surface area contributed by atoms with Crippen LogP contribution in [0.1, 0.15) is 44.1 Å². The molecule has 1 aromatic rings. The predicted molar refractivity (Wildman–Crippen MR) is 104 cm³/mol. The molecule has 142 valence electrons. The van der Waals surface area contributed by atoms with Crippen molar-refractivity contribution in [3.8, 4) is 0 Å². The van der Waals surface area contributed by atoms with Crippen LogP contribution in [0, 0.1) is 0 Å². The van der Waals surface area contributed by atoms with Crippen LogP contribution in [-0.4, -0.2) is 59.3 Å². The van der Waals surface area contributed by atoms with Crippen LogP contribution in [0.15, 0.2) is 18.2 Å². The molecule has 26 heavy (non-hydrogen) atoms. The van der Waals surface area contributed by atoms with Crippen molar-refractivity contribution in [3.05, 3.63) is 28.8 Å². The molecule has 1 N–H and O–H groups in total. The minimum Gasteiger partial charge on any atom is -0.465 e. The van der Waals surface area contributed by atoms with Gasteiger partial charge in [-0.2, -0.15) is 0 Å². The number of carbonyl (C=O) groups is 1. The van der Waals surface area contributed by atoms with E-state index in [1.54, 1.807) is 4.90 Å². The number of halogens is 1. The largest absolute Gasteiger partial charge is 0.465 e. The number of piperidine rings is 1. The SMILES string of the molecule is O=C(O)N1CCC2(CCCN2Cc2ccc(Cl)c(N3CCCC3)c2)CC1. The molecule has 1 aromatic carbocycles. The van der Waals surface area contributed by atoms with Crippen LogP contribution < -0.4 is 4.90 Å². The summed E-state index contributed by atoms with van der Waals surface area (Å²) in [5, 5.41) is 10.1. The lowest BCUT2D eigenvalue weighted by atomic mass is 9.85. The Morgan fingerprint density at radius 2 is 1.77 bits per heavy atom. The second kappa shape index (κ2) is 7.28. The standard InChI is InChI=1S/C20H28ClN3O2/c21-17-5-4-16(14-18(17)22-9-1-2-10-22)15-24-11-3-6-20(24)7-12-23(13-8-20)19(25)26/h4-5,14H,1-3,6-13,15H2,(H,25,26). The zero-order valence-electron chi connectivity index (χ0n) is 15.3. The molecule has 0 saturated carbocycles. The van der Waals surface area contributed by atoms with E-state index >= 15 is 0 Å². The molecule has 0 aromatic heterocycles. The molecule has 6 heteroatoms. The number of nitrogens with zero attached hydrogens (tertiary/aromatic N) is 3. The number of anilines is 1. The summed E-state index contributed by atoms with van der Waals surface area (Å²) >= 11 is 6.46. The van der Waals surface area contributed by atoms with Crippen molar-refractivity contribution >= 4 is 23.4 Å². The summed E-state index contributed by atoms with van der Waals surface area (Å²) in [5.41, 5.74) is 2.67. The Hall–Kier alpha value is -1.46. The number of carboxylic acid groups (broad SMARTS) is 1. The monoisotopic (exact) mass is 377 g/mol. The summed E-state index contributed by atoms with van der Waals surface area (Å²) in [5.74, 6) is 0. The van der Waals surface area contributed by atoms with Crippen LogP contribution in [-0.2, 0) is 6.54 Å². The van der Waals surface area contributed by atoms with Gasteiger partial charge in [-0.3, -0.25) is 4.90 Å². The molecule has 0 radical (unpaired) electrons. The van der Waals surface area contributed by atoms with Gasteiger partial charge in [-0.1, -0.05) is 17.7 Å². The molecule has 5 nitrogen and oxygen atoms in total. The molecule has 1 spiro atoms. The zero-order chi connectivity index (χ0) is 18.1. The molecule has 3 heterocycles. The predicted octanol–water partition coefficient (Wildman–Crippen LogP) is 4.05. The van der Waals surface area contributed by atoms with Crippen molar-refractivity contribution in [1.82, 2.24) is 9.80 Å². The Balaban J connectivity index is 1.48. The second-order valence-electron chi connectivity index (χ2n) is 8.00. The van der Waals surface area contributed by atoms with E-state index in [0.717, 1.165) is 44.0 Å². The van der Waals surface area contributed by atoms with Gasteiger partial charge in [0.15, 0.2) is 0 Å². The van der Waals surface area contributed by atoms with E-state index in [1.807, 2.05) is 6.07 Å². The molecule has 3 aliphatic heterocycles. The van der Waals surface area contributed by atoms with Crippen molar-refractivity contribution in [2.24, 2.45) is 0 Å². The summed E-state index contributed by atoms with van der Waals surface area (Å²) < 4.78 is 0. The van der Waals surface area contributed by atoms with E-state index in [2.05, 4.69) is 21.9 Å². The Morgan fingerprint density at radius 3 is 2.46 bits per heavy atom. The first-order valence-corrected chi connectivity index (χ1v) is 10.2. The maximum absolute atomic E-state index is 11.2. The highest BCUT2D eigenvalue weighted by Crippen LogP contribution is 2.40. The Kier molecular flexibility index (Phi) is 5.02. The summed E-state index contributed by atoms with van der Waals surface area (Å²) in [7, 11) is 0. The summed E-state index contributed by atoms with van der Waals surface area (Å²) in [6.45, 7) is 5.56. The van der Waals surface area contributed by atoms with Crippen LogP contribution >= 0.6 is 11.6 Å². The van der Waals surface area contributed by atoms with Gasteiger partial charge < -0.3 is 14.9 Å². The fourth-order valence-electron chi connectivity index (χ4n) is 5.00. The summed E-state index contributed by atoms with van der Waals surface area (Å²) in [6.07, 6.45) is 6.01. The van der Waals surface area contributed by atoms with Crippen molar-refractivity contribution in [1.29, 1.82) is 0 Å². The van der Waals surface area contributed by atoms with E-state index < -0.39 is 6.09 Å². The van der Waals surface area contributed by atoms with Crippen LogP contribution in [0.2, 0.25) is 5.02 Å². The van der Waals surface area contributed by atoms with Gasteiger partial charge in [0.2, 0.25) is 0 Å². The van der Waals surface area contributed by atoms with E-state index in [1.165, 1.54) is 36.9 Å².